The summed E-state index contributed by atoms with van der Waals surface area (Å²) in [6.07, 6.45) is 0. The van der Waals surface area contributed by atoms with E-state index >= 15 is 0 Å². The minimum absolute atomic E-state index is 0.118. The molecule has 1 heterocycles. The predicted octanol–water partition coefficient (Wildman–Crippen LogP) is 6.21. The number of aromatic nitrogens is 3. The molecule has 4 aromatic rings. The van der Waals surface area contributed by atoms with E-state index in [1.54, 1.807) is 0 Å². The summed E-state index contributed by atoms with van der Waals surface area (Å²) < 4.78 is 2.16. The Balaban J connectivity index is 1.93. The summed E-state index contributed by atoms with van der Waals surface area (Å²) in [5.41, 5.74) is 5.82. The van der Waals surface area contributed by atoms with Crippen molar-refractivity contribution in [1.29, 1.82) is 0 Å². The molecular weight excluding hydrogens is 342 g/mol. The highest BCUT2D eigenvalue weighted by Crippen LogP contribution is 2.31. The summed E-state index contributed by atoms with van der Waals surface area (Å²) in [5.74, 6) is 1.71. The van der Waals surface area contributed by atoms with Crippen LogP contribution in [0.15, 0.2) is 78.9 Å². The Labute approximate surface area is 166 Å². The summed E-state index contributed by atoms with van der Waals surface area (Å²) in [7, 11) is 0. The number of benzene rings is 3. The summed E-state index contributed by atoms with van der Waals surface area (Å²) in [6.45, 7) is 8.80. The fourth-order valence-corrected chi connectivity index (χ4v) is 3.41. The van der Waals surface area contributed by atoms with Crippen LogP contribution in [0.3, 0.4) is 0 Å². The molecule has 0 atom stereocenters. The molecule has 0 fully saturated rings. The summed E-state index contributed by atoms with van der Waals surface area (Å²) in [4.78, 5) is 0. The van der Waals surface area contributed by atoms with Crippen LogP contribution in [0.4, 0.5) is 0 Å². The third kappa shape index (κ3) is 3.36. The van der Waals surface area contributed by atoms with Gasteiger partial charge < -0.3 is 0 Å². The van der Waals surface area contributed by atoms with Crippen LogP contribution in [0.25, 0.3) is 28.5 Å². The van der Waals surface area contributed by atoms with Crippen LogP contribution in [-0.2, 0) is 5.41 Å². The maximum absolute atomic E-state index is 4.58. The van der Waals surface area contributed by atoms with Gasteiger partial charge in [0.15, 0.2) is 11.6 Å². The highest BCUT2D eigenvalue weighted by molar-refractivity contribution is 5.68. The largest absolute Gasteiger partial charge is 0.275 e. The first-order valence-corrected chi connectivity index (χ1v) is 9.63. The first kappa shape index (κ1) is 18.2. The molecule has 28 heavy (non-hydrogen) atoms. The Hall–Kier alpha value is -3.20. The quantitative estimate of drug-likeness (QED) is 0.431. The average molecular weight is 367 g/mol. The van der Waals surface area contributed by atoms with Gasteiger partial charge in [0.05, 0.1) is 0 Å². The Kier molecular flexibility index (Phi) is 4.60. The zero-order valence-corrected chi connectivity index (χ0v) is 16.8. The van der Waals surface area contributed by atoms with Crippen molar-refractivity contribution in [3.8, 4) is 28.5 Å². The average Bonchev–Trinajstić information content (AvgIpc) is 3.13. The molecule has 0 bridgehead atoms. The Bertz CT molecular complexity index is 1080. The standard InChI is InChI=1S/C25H25N3/c1-18-10-8-9-13-22(18)24-27-26-23(19-11-6-5-7-12-19)28(24)21-16-14-20(15-17-21)25(2,3)4/h5-17H,1-4H3. The molecule has 3 aromatic carbocycles. The molecule has 0 amide bonds. The van der Waals surface area contributed by atoms with Crippen molar-refractivity contribution in [1.82, 2.24) is 14.8 Å². The maximum Gasteiger partial charge on any atom is 0.169 e. The second-order valence-corrected chi connectivity index (χ2v) is 8.16. The van der Waals surface area contributed by atoms with Gasteiger partial charge in [-0.25, -0.2) is 0 Å². The van der Waals surface area contributed by atoms with Gasteiger partial charge in [-0.15, -0.1) is 10.2 Å². The van der Waals surface area contributed by atoms with E-state index in [-0.39, 0.29) is 5.41 Å². The Morgan fingerprint density at radius 1 is 0.679 bits per heavy atom. The normalized spacial score (nSPS) is 11.6. The van der Waals surface area contributed by atoms with Gasteiger partial charge in [0.25, 0.3) is 0 Å². The van der Waals surface area contributed by atoms with Crippen molar-refractivity contribution in [3.05, 3.63) is 90.0 Å². The van der Waals surface area contributed by atoms with Gasteiger partial charge in [0.1, 0.15) is 0 Å². The summed E-state index contributed by atoms with van der Waals surface area (Å²) in [6, 6.07) is 27.3. The molecular formula is C25H25N3. The van der Waals surface area contributed by atoms with Crippen LogP contribution >= 0.6 is 0 Å². The smallest absolute Gasteiger partial charge is 0.169 e. The molecule has 0 spiro atoms. The van der Waals surface area contributed by atoms with Crippen LogP contribution in [-0.4, -0.2) is 14.8 Å². The lowest BCUT2D eigenvalue weighted by molar-refractivity contribution is 0.590. The van der Waals surface area contributed by atoms with Gasteiger partial charge in [-0.3, -0.25) is 4.57 Å². The molecule has 0 unspecified atom stereocenters. The molecule has 3 heteroatoms. The second-order valence-electron chi connectivity index (χ2n) is 8.16. The highest BCUT2D eigenvalue weighted by atomic mass is 15.3. The first-order valence-electron chi connectivity index (χ1n) is 9.63. The molecule has 1 aromatic heterocycles. The minimum atomic E-state index is 0.118. The van der Waals surface area contributed by atoms with Gasteiger partial charge in [0.2, 0.25) is 0 Å². The van der Waals surface area contributed by atoms with E-state index in [2.05, 4.69) is 97.1 Å². The van der Waals surface area contributed by atoms with Crippen molar-refractivity contribution in [2.75, 3.05) is 0 Å². The molecule has 140 valence electrons. The number of hydrogen-bond donors (Lipinski definition) is 0. The number of rotatable bonds is 3. The predicted molar refractivity (Wildman–Crippen MR) is 116 cm³/mol. The highest BCUT2D eigenvalue weighted by Gasteiger charge is 2.19. The van der Waals surface area contributed by atoms with Crippen LogP contribution in [0.5, 0.6) is 0 Å². The van der Waals surface area contributed by atoms with Crippen LogP contribution < -0.4 is 0 Å². The van der Waals surface area contributed by atoms with E-state index in [4.69, 9.17) is 0 Å². The lowest BCUT2D eigenvalue weighted by atomic mass is 9.87. The molecule has 0 aliphatic heterocycles. The maximum atomic E-state index is 4.58. The third-order valence-corrected chi connectivity index (χ3v) is 5.07. The molecule has 0 radical (unpaired) electrons. The third-order valence-electron chi connectivity index (χ3n) is 5.07. The van der Waals surface area contributed by atoms with Crippen molar-refractivity contribution >= 4 is 0 Å². The molecule has 0 saturated carbocycles. The van der Waals surface area contributed by atoms with Crippen molar-refractivity contribution in [3.63, 3.8) is 0 Å². The molecule has 0 aliphatic carbocycles. The molecule has 4 rings (SSSR count). The molecule has 0 N–H and O–H groups in total. The van der Waals surface area contributed by atoms with Gasteiger partial charge in [-0.05, 0) is 35.6 Å². The molecule has 0 saturated heterocycles. The SMILES string of the molecule is Cc1ccccc1-c1nnc(-c2ccccc2)n1-c1ccc(C(C)(C)C)cc1. The van der Waals surface area contributed by atoms with Gasteiger partial charge >= 0.3 is 0 Å². The topological polar surface area (TPSA) is 30.7 Å². The zero-order chi connectivity index (χ0) is 19.7. The zero-order valence-electron chi connectivity index (χ0n) is 16.8. The van der Waals surface area contributed by atoms with Crippen molar-refractivity contribution < 1.29 is 0 Å². The second kappa shape index (κ2) is 7.08. The van der Waals surface area contributed by atoms with Crippen LogP contribution in [0.2, 0.25) is 0 Å². The molecule has 0 aliphatic rings. The van der Waals surface area contributed by atoms with Gasteiger partial charge in [-0.1, -0.05) is 87.5 Å². The van der Waals surface area contributed by atoms with Gasteiger partial charge in [0, 0.05) is 16.8 Å². The van der Waals surface area contributed by atoms with Crippen LogP contribution in [0, 0.1) is 6.92 Å². The van der Waals surface area contributed by atoms with E-state index in [0.29, 0.717) is 0 Å². The Morgan fingerprint density at radius 3 is 1.93 bits per heavy atom. The van der Waals surface area contributed by atoms with E-state index in [1.165, 1.54) is 11.1 Å². The number of aryl methyl sites for hydroxylation is 1. The fourth-order valence-electron chi connectivity index (χ4n) is 3.41. The van der Waals surface area contributed by atoms with Gasteiger partial charge in [-0.2, -0.15) is 0 Å². The van der Waals surface area contributed by atoms with E-state index in [1.807, 2.05) is 24.3 Å². The first-order chi connectivity index (χ1) is 13.4. The van der Waals surface area contributed by atoms with E-state index in [0.717, 1.165) is 28.5 Å². The van der Waals surface area contributed by atoms with E-state index < -0.39 is 0 Å². The monoisotopic (exact) mass is 367 g/mol. The summed E-state index contributed by atoms with van der Waals surface area (Å²) in [5, 5.41) is 9.15. The summed E-state index contributed by atoms with van der Waals surface area (Å²) >= 11 is 0. The Morgan fingerprint density at radius 2 is 1.29 bits per heavy atom. The number of nitrogens with zero attached hydrogens (tertiary/aromatic N) is 3. The lowest BCUT2D eigenvalue weighted by Gasteiger charge is -2.20. The van der Waals surface area contributed by atoms with Crippen LogP contribution in [0.1, 0.15) is 31.9 Å². The number of hydrogen-bond acceptors (Lipinski definition) is 2. The van der Waals surface area contributed by atoms with E-state index in [9.17, 15) is 0 Å². The van der Waals surface area contributed by atoms with Crippen molar-refractivity contribution in [2.24, 2.45) is 0 Å². The lowest BCUT2D eigenvalue weighted by Crippen LogP contribution is -2.11. The molecule has 3 nitrogen and oxygen atoms in total. The van der Waals surface area contributed by atoms with Crippen molar-refractivity contribution in [2.45, 2.75) is 33.1 Å². The fraction of sp³-hybridized carbons (Fsp3) is 0.200. The minimum Gasteiger partial charge on any atom is -0.275 e.